The van der Waals surface area contributed by atoms with Gasteiger partial charge in [0.1, 0.15) is 0 Å². The molecule has 3 aromatic carbocycles. The maximum Gasteiger partial charge on any atom is 0.262 e. The molecule has 0 spiro atoms. The van der Waals surface area contributed by atoms with Crippen molar-refractivity contribution in [1.82, 2.24) is 4.90 Å². The van der Waals surface area contributed by atoms with Gasteiger partial charge >= 0.3 is 0 Å². The second-order valence-corrected chi connectivity index (χ2v) is 15.8. The van der Waals surface area contributed by atoms with Crippen molar-refractivity contribution in [3.8, 4) is 11.5 Å². The smallest absolute Gasteiger partial charge is 0.262 e. The molecule has 1 heterocycles. The molecule has 0 radical (unpaired) electrons. The number of nitrogens with one attached hydrogen (secondary N) is 1. The van der Waals surface area contributed by atoms with E-state index in [2.05, 4.69) is 50.0 Å². The summed E-state index contributed by atoms with van der Waals surface area (Å²) in [7, 11) is 0. The Bertz CT molecular complexity index is 1840. The SMILES string of the molecule is CCOc1cc(C2C3=C(CC(C)(C)CC3=O)N(CCc3ccccc3)C3=C2C(=O)CC(C)(C)C3)cc(Cl)c1OCC(=O)Nc1ccccc1Cl. The number of ether oxygens (including phenoxy) is 2. The fourth-order valence-corrected chi connectivity index (χ4v) is 8.04. The van der Waals surface area contributed by atoms with Crippen molar-refractivity contribution >= 4 is 46.4 Å². The van der Waals surface area contributed by atoms with Crippen LogP contribution in [-0.2, 0) is 20.8 Å². The van der Waals surface area contributed by atoms with E-state index in [0.29, 0.717) is 72.0 Å². The van der Waals surface area contributed by atoms with Crippen molar-refractivity contribution in [2.75, 3.05) is 25.1 Å². The summed E-state index contributed by atoms with van der Waals surface area (Å²) in [5.41, 5.74) is 5.18. The van der Waals surface area contributed by atoms with Crippen molar-refractivity contribution in [1.29, 1.82) is 0 Å². The van der Waals surface area contributed by atoms with Crippen molar-refractivity contribution in [3.05, 3.63) is 110 Å². The molecule has 1 amide bonds. The lowest BCUT2D eigenvalue weighted by Crippen LogP contribution is -2.45. The molecule has 9 heteroatoms. The minimum Gasteiger partial charge on any atom is -0.490 e. The molecule has 0 saturated heterocycles. The van der Waals surface area contributed by atoms with Gasteiger partial charge in [-0.1, -0.05) is 93.4 Å². The van der Waals surface area contributed by atoms with Crippen LogP contribution in [0, 0.1) is 10.8 Å². The lowest BCUT2D eigenvalue weighted by Gasteiger charge is -2.49. The summed E-state index contributed by atoms with van der Waals surface area (Å²) in [6, 6.07) is 20.8. The molecule has 0 atom stereocenters. The van der Waals surface area contributed by atoms with Crippen LogP contribution in [0.1, 0.15) is 77.3 Å². The number of nitrogens with zero attached hydrogens (tertiary/aromatic N) is 1. The van der Waals surface area contributed by atoms with Crippen molar-refractivity contribution in [3.63, 3.8) is 0 Å². The summed E-state index contributed by atoms with van der Waals surface area (Å²) in [6.45, 7) is 11.0. The predicted octanol–water partition coefficient (Wildman–Crippen LogP) is 9.34. The lowest BCUT2D eigenvalue weighted by molar-refractivity contribution is -0.120. The maximum absolute atomic E-state index is 14.3. The van der Waals surface area contributed by atoms with Crippen molar-refractivity contribution in [2.45, 2.75) is 72.6 Å². The third kappa shape index (κ3) is 7.50. The quantitative estimate of drug-likeness (QED) is 0.225. The largest absolute Gasteiger partial charge is 0.490 e. The zero-order valence-corrected chi connectivity index (χ0v) is 30.8. The maximum atomic E-state index is 14.3. The van der Waals surface area contributed by atoms with Crippen molar-refractivity contribution in [2.24, 2.45) is 10.8 Å². The highest BCUT2D eigenvalue weighted by Crippen LogP contribution is 2.55. The third-order valence-electron chi connectivity index (χ3n) is 9.65. The number of para-hydroxylation sites is 1. The minimum atomic E-state index is -0.602. The number of hydrogen-bond acceptors (Lipinski definition) is 6. The number of halogens is 2. The van der Waals surface area contributed by atoms with Gasteiger partial charge in [0, 0.05) is 47.8 Å². The molecule has 262 valence electrons. The molecule has 0 saturated carbocycles. The van der Waals surface area contributed by atoms with Crippen LogP contribution in [0.3, 0.4) is 0 Å². The summed E-state index contributed by atoms with van der Waals surface area (Å²) in [4.78, 5) is 43.7. The van der Waals surface area contributed by atoms with Gasteiger partial charge in [-0.2, -0.15) is 0 Å². The topological polar surface area (TPSA) is 84.9 Å². The number of Topliss-reactive ketones (excluding diaryl/α,β-unsaturated/α-hetero) is 2. The van der Waals surface area contributed by atoms with Crippen LogP contribution in [0.5, 0.6) is 11.5 Å². The van der Waals surface area contributed by atoms with Gasteiger partial charge in [-0.3, -0.25) is 14.4 Å². The Hall–Kier alpha value is -4.07. The number of ketones is 2. The van der Waals surface area contributed by atoms with Gasteiger partial charge in [0.25, 0.3) is 5.91 Å². The molecule has 6 rings (SSSR count). The predicted molar refractivity (Wildman–Crippen MR) is 198 cm³/mol. The third-order valence-corrected chi connectivity index (χ3v) is 10.3. The van der Waals surface area contributed by atoms with Gasteiger partial charge in [-0.15, -0.1) is 0 Å². The second-order valence-electron chi connectivity index (χ2n) is 15.0. The Balaban J connectivity index is 1.42. The first-order valence-electron chi connectivity index (χ1n) is 17.2. The Morgan fingerprint density at radius 2 is 1.42 bits per heavy atom. The molecule has 3 aromatic rings. The molecule has 0 unspecified atom stereocenters. The van der Waals surface area contributed by atoms with Crippen LogP contribution in [0.25, 0.3) is 0 Å². The zero-order chi connectivity index (χ0) is 35.8. The summed E-state index contributed by atoms with van der Waals surface area (Å²) >= 11 is 13.2. The number of allylic oxidation sites excluding steroid dienone is 4. The highest BCUT2D eigenvalue weighted by molar-refractivity contribution is 6.33. The number of benzene rings is 3. The molecule has 2 aliphatic carbocycles. The molecular weight excluding hydrogens is 671 g/mol. The fraction of sp³-hybridized carbons (Fsp3) is 0.390. The molecule has 3 aliphatic rings. The van der Waals surface area contributed by atoms with E-state index in [0.717, 1.165) is 17.8 Å². The molecule has 0 aromatic heterocycles. The summed E-state index contributed by atoms with van der Waals surface area (Å²) in [6.07, 6.45) is 2.95. The normalized spacial score (nSPS) is 18.5. The van der Waals surface area contributed by atoms with Crippen LogP contribution in [0.2, 0.25) is 10.0 Å². The van der Waals surface area contributed by atoms with E-state index in [1.807, 2.05) is 31.2 Å². The van der Waals surface area contributed by atoms with Gasteiger partial charge in [0.05, 0.1) is 22.3 Å². The second kappa shape index (κ2) is 14.3. The van der Waals surface area contributed by atoms with E-state index in [-0.39, 0.29) is 39.8 Å². The van der Waals surface area contributed by atoms with Crippen LogP contribution in [0.4, 0.5) is 5.69 Å². The van der Waals surface area contributed by atoms with E-state index in [1.165, 1.54) is 5.56 Å². The van der Waals surface area contributed by atoms with E-state index in [9.17, 15) is 14.4 Å². The monoisotopic (exact) mass is 714 g/mol. The number of amides is 1. The van der Waals surface area contributed by atoms with Gasteiger partial charge in [0.2, 0.25) is 0 Å². The van der Waals surface area contributed by atoms with Gasteiger partial charge in [0.15, 0.2) is 29.7 Å². The molecule has 50 heavy (non-hydrogen) atoms. The lowest BCUT2D eigenvalue weighted by atomic mass is 9.63. The Labute approximate surface area is 304 Å². The average Bonchev–Trinajstić information content (AvgIpc) is 3.03. The standard InChI is InChI=1S/C41H44Cl2N2O5/c1-6-49-34-19-26(18-28(43)39(34)50-24-35(48)44-29-15-11-10-14-27(29)42)36-37-30(20-40(2,3)22-32(37)46)45(17-16-25-12-8-7-9-13-25)31-21-41(4,5)23-33(47)38(31)36/h7-15,18-19,36H,6,16-17,20-24H2,1-5H3,(H,44,48). The Kier molecular flexibility index (Phi) is 10.2. The molecule has 1 aliphatic heterocycles. The molecule has 0 bridgehead atoms. The van der Waals surface area contributed by atoms with E-state index >= 15 is 0 Å². The first-order chi connectivity index (χ1) is 23.8. The van der Waals surface area contributed by atoms with E-state index in [4.69, 9.17) is 32.7 Å². The summed E-state index contributed by atoms with van der Waals surface area (Å²) in [5, 5.41) is 3.38. The minimum absolute atomic E-state index is 0.0424. The van der Waals surface area contributed by atoms with Gasteiger partial charge in [-0.25, -0.2) is 0 Å². The number of anilines is 1. The highest BCUT2D eigenvalue weighted by Gasteiger charge is 2.49. The van der Waals surface area contributed by atoms with Crippen LogP contribution in [0.15, 0.2) is 89.3 Å². The molecule has 7 nitrogen and oxygen atoms in total. The van der Waals surface area contributed by atoms with Crippen LogP contribution in [-0.4, -0.2) is 42.1 Å². The van der Waals surface area contributed by atoms with Crippen molar-refractivity contribution < 1.29 is 23.9 Å². The Morgan fingerprint density at radius 1 is 0.820 bits per heavy atom. The zero-order valence-electron chi connectivity index (χ0n) is 29.3. The fourth-order valence-electron chi connectivity index (χ4n) is 7.58. The average molecular weight is 716 g/mol. The van der Waals surface area contributed by atoms with Gasteiger partial charge < -0.3 is 19.7 Å². The van der Waals surface area contributed by atoms with Gasteiger partial charge in [-0.05, 0) is 72.4 Å². The number of carbonyl (C=O) groups excluding carboxylic acids is 3. The van der Waals surface area contributed by atoms with Crippen LogP contribution < -0.4 is 14.8 Å². The first-order valence-corrected chi connectivity index (χ1v) is 18.0. The molecule has 1 N–H and O–H groups in total. The first kappa shape index (κ1) is 35.7. The molecule has 0 fully saturated rings. The molecular formula is C41H44Cl2N2O5. The highest BCUT2D eigenvalue weighted by atomic mass is 35.5. The van der Waals surface area contributed by atoms with E-state index < -0.39 is 11.8 Å². The Morgan fingerprint density at radius 3 is 2.02 bits per heavy atom. The number of rotatable bonds is 10. The number of hydrogen-bond donors (Lipinski definition) is 1. The number of carbonyl (C=O) groups is 3. The van der Waals surface area contributed by atoms with Crippen LogP contribution >= 0.6 is 23.2 Å². The van der Waals surface area contributed by atoms with E-state index in [1.54, 1.807) is 30.3 Å². The summed E-state index contributed by atoms with van der Waals surface area (Å²) < 4.78 is 12.0. The summed E-state index contributed by atoms with van der Waals surface area (Å²) in [5.74, 6) is -0.388.